The lowest BCUT2D eigenvalue weighted by Gasteiger charge is -2.09. The molecule has 0 aliphatic carbocycles. The Balaban J connectivity index is 2.91. The maximum Gasteiger partial charge on any atom is 0.297 e. The van der Waals surface area contributed by atoms with Crippen LogP contribution in [0.4, 0.5) is 5.69 Å². The van der Waals surface area contributed by atoms with Gasteiger partial charge in [-0.05, 0) is 38.1 Å². The Morgan fingerprint density at radius 3 is 2.18 bits per heavy atom. The summed E-state index contributed by atoms with van der Waals surface area (Å²) >= 11 is 0. The van der Waals surface area contributed by atoms with E-state index >= 15 is 0 Å². The molecule has 0 heterocycles. The number of amides is 1. The molecular formula is C11H15NO4S. The van der Waals surface area contributed by atoms with Crippen molar-refractivity contribution >= 4 is 21.7 Å². The van der Waals surface area contributed by atoms with Crippen molar-refractivity contribution in [2.24, 2.45) is 0 Å². The summed E-state index contributed by atoms with van der Waals surface area (Å²) in [5.74, 6) is -0.209. The van der Waals surface area contributed by atoms with Gasteiger partial charge in [0.15, 0.2) is 0 Å². The van der Waals surface area contributed by atoms with E-state index in [-0.39, 0.29) is 10.8 Å². The highest BCUT2D eigenvalue weighted by molar-refractivity contribution is 7.86. The predicted molar refractivity (Wildman–Crippen MR) is 64.2 cm³/mol. The van der Waals surface area contributed by atoms with Crippen LogP contribution < -0.4 is 5.32 Å². The smallest absolute Gasteiger partial charge is 0.297 e. The van der Waals surface area contributed by atoms with Crippen molar-refractivity contribution in [3.63, 3.8) is 0 Å². The lowest BCUT2D eigenvalue weighted by atomic mass is 10.3. The molecule has 1 N–H and O–H groups in total. The molecule has 1 amide bonds. The first-order chi connectivity index (χ1) is 7.81. The van der Waals surface area contributed by atoms with Gasteiger partial charge >= 0.3 is 0 Å². The molecule has 1 aromatic carbocycles. The van der Waals surface area contributed by atoms with Gasteiger partial charge in [-0.15, -0.1) is 0 Å². The SMILES string of the molecule is CC(=O)Nc1ccc(S(=O)(=O)OC(C)C)cc1. The van der Waals surface area contributed by atoms with Crippen LogP contribution in [0.3, 0.4) is 0 Å². The van der Waals surface area contributed by atoms with Crippen LogP contribution in [0.25, 0.3) is 0 Å². The van der Waals surface area contributed by atoms with E-state index in [4.69, 9.17) is 4.18 Å². The summed E-state index contributed by atoms with van der Waals surface area (Å²) in [4.78, 5) is 10.9. The van der Waals surface area contributed by atoms with E-state index in [9.17, 15) is 13.2 Å². The van der Waals surface area contributed by atoms with Crippen LogP contribution in [0, 0.1) is 0 Å². The quantitative estimate of drug-likeness (QED) is 0.834. The molecule has 6 heteroatoms. The van der Waals surface area contributed by atoms with Crippen LogP contribution in [-0.2, 0) is 19.1 Å². The molecule has 1 aromatic rings. The molecule has 0 aliphatic heterocycles. The number of carbonyl (C=O) groups excluding carboxylic acids is 1. The van der Waals surface area contributed by atoms with Crippen molar-refractivity contribution < 1.29 is 17.4 Å². The highest BCUT2D eigenvalue weighted by atomic mass is 32.2. The highest BCUT2D eigenvalue weighted by Gasteiger charge is 2.16. The maximum absolute atomic E-state index is 11.7. The molecule has 0 fully saturated rings. The van der Waals surface area contributed by atoms with Crippen molar-refractivity contribution in [3.8, 4) is 0 Å². The van der Waals surface area contributed by atoms with Crippen LogP contribution in [0.2, 0.25) is 0 Å². The van der Waals surface area contributed by atoms with Gasteiger partial charge < -0.3 is 5.32 Å². The molecule has 0 bridgehead atoms. The third-order valence-electron chi connectivity index (χ3n) is 1.78. The zero-order valence-electron chi connectivity index (χ0n) is 9.93. The molecule has 1 rings (SSSR count). The first-order valence-electron chi connectivity index (χ1n) is 5.12. The molecule has 0 atom stereocenters. The average molecular weight is 257 g/mol. The van der Waals surface area contributed by atoms with Gasteiger partial charge in [0.05, 0.1) is 11.0 Å². The number of hydrogen-bond donors (Lipinski definition) is 1. The van der Waals surface area contributed by atoms with Crippen LogP contribution in [0.1, 0.15) is 20.8 Å². The Hall–Kier alpha value is -1.40. The summed E-state index contributed by atoms with van der Waals surface area (Å²) in [5, 5.41) is 2.55. The zero-order valence-corrected chi connectivity index (χ0v) is 10.7. The van der Waals surface area contributed by atoms with Crippen LogP contribution in [-0.4, -0.2) is 20.4 Å². The van der Waals surface area contributed by atoms with Crippen molar-refractivity contribution in [3.05, 3.63) is 24.3 Å². The fourth-order valence-corrected chi connectivity index (χ4v) is 2.30. The number of benzene rings is 1. The number of nitrogens with one attached hydrogen (secondary N) is 1. The van der Waals surface area contributed by atoms with E-state index < -0.39 is 16.2 Å². The van der Waals surface area contributed by atoms with Crippen molar-refractivity contribution in [1.82, 2.24) is 0 Å². The van der Waals surface area contributed by atoms with Gasteiger partial charge in [0.2, 0.25) is 5.91 Å². The van der Waals surface area contributed by atoms with Gasteiger partial charge in [0.1, 0.15) is 0 Å². The molecule has 5 nitrogen and oxygen atoms in total. The summed E-state index contributed by atoms with van der Waals surface area (Å²) in [5.41, 5.74) is 0.543. The van der Waals surface area contributed by atoms with Crippen LogP contribution in [0.5, 0.6) is 0 Å². The fraction of sp³-hybridized carbons (Fsp3) is 0.364. The Labute approximate surface area is 101 Å². The number of anilines is 1. The maximum atomic E-state index is 11.7. The van der Waals surface area contributed by atoms with Gasteiger partial charge in [-0.3, -0.25) is 8.98 Å². The Bertz CT molecular complexity index is 491. The third-order valence-corrected chi connectivity index (χ3v) is 3.27. The van der Waals surface area contributed by atoms with E-state index in [0.717, 1.165) is 0 Å². The molecule has 0 aliphatic rings. The topological polar surface area (TPSA) is 72.5 Å². The van der Waals surface area contributed by atoms with E-state index in [0.29, 0.717) is 5.69 Å². The third kappa shape index (κ3) is 4.16. The number of carbonyl (C=O) groups is 1. The van der Waals surface area contributed by atoms with E-state index in [1.807, 2.05) is 0 Å². The van der Waals surface area contributed by atoms with Crippen molar-refractivity contribution in [2.45, 2.75) is 31.8 Å². The molecule has 0 saturated carbocycles. The molecule has 0 unspecified atom stereocenters. The minimum Gasteiger partial charge on any atom is -0.326 e. The summed E-state index contributed by atoms with van der Waals surface area (Å²) in [6.07, 6.45) is -0.407. The predicted octanol–water partition coefficient (Wildman–Crippen LogP) is 1.76. The average Bonchev–Trinajstić information content (AvgIpc) is 2.15. The fourth-order valence-electron chi connectivity index (χ4n) is 1.22. The second kappa shape index (κ2) is 5.29. The van der Waals surface area contributed by atoms with Crippen molar-refractivity contribution in [1.29, 1.82) is 0 Å². The first kappa shape index (κ1) is 13.7. The highest BCUT2D eigenvalue weighted by Crippen LogP contribution is 2.17. The largest absolute Gasteiger partial charge is 0.326 e. The Morgan fingerprint density at radius 1 is 1.24 bits per heavy atom. The van der Waals surface area contributed by atoms with Gasteiger partial charge in [0, 0.05) is 12.6 Å². The molecule has 0 radical (unpaired) electrons. The normalized spacial score (nSPS) is 11.5. The van der Waals surface area contributed by atoms with Crippen LogP contribution in [0.15, 0.2) is 29.2 Å². The second-order valence-corrected chi connectivity index (χ2v) is 5.38. The minimum atomic E-state index is -3.72. The van der Waals surface area contributed by atoms with E-state index in [1.54, 1.807) is 13.8 Å². The molecule has 0 saturated heterocycles. The molecule has 0 aromatic heterocycles. The van der Waals surface area contributed by atoms with Crippen molar-refractivity contribution in [2.75, 3.05) is 5.32 Å². The first-order valence-corrected chi connectivity index (χ1v) is 6.53. The van der Waals surface area contributed by atoms with Crippen LogP contribution >= 0.6 is 0 Å². The van der Waals surface area contributed by atoms with Gasteiger partial charge in [-0.25, -0.2) is 0 Å². The molecule has 17 heavy (non-hydrogen) atoms. The number of rotatable bonds is 4. The number of hydrogen-bond acceptors (Lipinski definition) is 4. The van der Waals surface area contributed by atoms with E-state index in [1.165, 1.54) is 31.2 Å². The summed E-state index contributed by atoms with van der Waals surface area (Å²) < 4.78 is 28.2. The lowest BCUT2D eigenvalue weighted by Crippen LogP contribution is -2.12. The standard InChI is InChI=1S/C11H15NO4S/c1-8(2)16-17(14,15)11-6-4-10(5-7-11)12-9(3)13/h4-8H,1-3H3,(H,12,13). The second-order valence-electron chi connectivity index (χ2n) is 3.80. The zero-order chi connectivity index (χ0) is 13.1. The molecule has 0 spiro atoms. The summed E-state index contributed by atoms with van der Waals surface area (Å²) in [6.45, 7) is 4.67. The monoisotopic (exact) mass is 257 g/mol. The van der Waals surface area contributed by atoms with Gasteiger partial charge in [0.25, 0.3) is 10.1 Å². The van der Waals surface area contributed by atoms with Gasteiger partial charge in [-0.1, -0.05) is 0 Å². The Morgan fingerprint density at radius 2 is 1.76 bits per heavy atom. The summed E-state index contributed by atoms with van der Waals surface area (Å²) in [6, 6.07) is 5.81. The molecular weight excluding hydrogens is 242 g/mol. The molecule has 94 valence electrons. The lowest BCUT2D eigenvalue weighted by molar-refractivity contribution is -0.114. The Kier molecular flexibility index (Phi) is 4.25. The van der Waals surface area contributed by atoms with E-state index in [2.05, 4.69) is 5.32 Å². The summed E-state index contributed by atoms with van der Waals surface area (Å²) in [7, 11) is -3.72. The minimum absolute atomic E-state index is 0.0697. The van der Waals surface area contributed by atoms with Gasteiger partial charge in [-0.2, -0.15) is 8.42 Å².